The zero-order valence-electron chi connectivity index (χ0n) is 15.3. The summed E-state index contributed by atoms with van der Waals surface area (Å²) in [6, 6.07) is 18.1. The third-order valence-corrected chi connectivity index (χ3v) is 4.36. The Morgan fingerprint density at radius 3 is 2.69 bits per heavy atom. The summed E-state index contributed by atoms with van der Waals surface area (Å²) in [6.07, 6.45) is 0. The Kier molecular flexibility index (Phi) is 4.67. The topological polar surface area (TPSA) is 88.1 Å². The number of fused-ring (bicyclic) bond motifs is 1. The van der Waals surface area contributed by atoms with E-state index in [1.807, 2.05) is 0 Å². The highest BCUT2D eigenvalue weighted by atomic mass is 19.1. The highest BCUT2D eigenvalue weighted by Crippen LogP contribution is 2.27. The Labute approximate surface area is 165 Å². The van der Waals surface area contributed by atoms with E-state index in [1.54, 1.807) is 54.6 Å². The number of hydrogen-bond donors (Lipinski definition) is 1. The summed E-state index contributed by atoms with van der Waals surface area (Å²) >= 11 is 0. The molecule has 1 heterocycles. The molecule has 4 aromatic rings. The third kappa shape index (κ3) is 3.64. The zero-order chi connectivity index (χ0) is 20.4. The number of aromatic nitrogens is 1. The maximum absolute atomic E-state index is 13.9. The molecule has 0 saturated carbocycles. The summed E-state index contributed by atoms with van der Waals surface area (Å²) in [4.78, 5) is 16.7. The first-order valence-corrected chi connectivity index (χ1v) is 8.63. The van der Waals surface area contributed by atoms with E-state index in [0.717, 1.165) is 0 Å². The summed E-state index contributed by atoms with van der Waals surface area (Å²) < 4.78 is 24.6. The number of amides is 1. The molecule has 0 atom stereocenters. The number of benzene rings is 3. The quantitative estimate of drug-likeness (QED) is 0.545. The number of hydrogen-bond acceptors (Lipinski definition) is 5. The van der Waals surface area contributed by atoms with Crippen molar-refractivity contribution in [3.8, 4) is 22.9 Å². The molecule has 0 unspecified atom stereocenters. The molecular formula is C22H14FN3O3. The molecule has 0 saturated heterocycles. The average molecular weight is 387 g/mol. The number of carbonyl (C=O) groups is 1. The number of halogens is 1. The first-order chi connectivity index (χ1) is 14.1. The lowest BCUT2D eigenvalue weighted by molar-refractivity contribution is 0.102. The predicted molar refractivity (Wildman–Crippen MR) is 105 cm³/mol. The lowest BCUT2D eigenvalue weighted by atomic mass is 10.0. The van der Waals surface area contributed by atoms with Crippen molar-refractivity contribution in [3.05, 3.63) is 77.6 Å². The molecule has 1 N–H and O–H groups in total. The summed E-state index contributed by atoms with van der Waals surface area (Å²) in [6.45, 7) is 0. The van der Waals surface area contributed by atoms with Crippen LogP contribution in [0.5, 0.6) is 5.75 Å². The van der Waals surface area contributed by atoms with Gasteiger partial charge in [0.15, 0.2) is 5.58 Å². The van der Waals surface area contributed by atoms with Crippen LogP contribution in [0.2, 0.25) is 0 Å². The molecule has 0 aliphatic heterocycles. The maximum Gasteiger partial charge on any atom is 0.302 e. The van der Waals surface area contributed by atoms with Crippen molar-refractivity contribution >= 4 is 23.0 Å². The van der Waals surface area contributed by atoms with Gasteiger partial charge >= 0.3 is 6.01 Å². The van der Waals surface area contributed by atoms with Crippen LogP contribution in [0, 0.1) is 17.1 Å². The number of nitrogens with zero attached hydrogens (tertiary/aromatic N) is 2. The normalized spacial score (nSPS) is 10.5. The van der Waals surface area contributed by atoms with Crippen LogP contribution >= 0.6 is 0 Å². The van der Waals surface area contributed by atoms with Crippen molar-refractivity contribution < 1.29 is 18.3 Å². The molecular weight excluding hydrogens is 373 g/mol. The molecule has 0 bridgehead atoms. The molecule has 3 aromatic carbocycles. The number of nitrogens with one attached hydrogen (secondary N) is 1. The van der Waals surface area contributed by atoms with Gasteiger partial charge < -0.3 is 9.15 Å². The first-order valence-electron chi connectivity index (χ1n) is 8.63. The number of nitriles is 1. The van der Waals surface area contributed by atoms with Crippen molar-refractivity contribution in [3.63, 3.8) is 0 Å². The van der Waals surface area contributed by atoms with E-state index < -0.39 is 5.82 Å². The van der Waals surface area contributed by atoms with Crippen molar-refractivity contribution in [1.82, 2.24) is 4.98 Å². The van der Waals surface area contributed by atoms with E-state index in [0.29, 0.717) is 33.5 Å². The minimum Gasteiger partial charge on any atom is -0.497 e. The van der Waals surface area contributed by atoms with Crippen LogP contribution in [-0.2, 0) is 0 Å². The van der Waals surface area contributed by atoms with E-state index in [2.05, 4.69) is 10.3 Å². The Bertz CT molecular complexity index is 1270. The molecule has 0 radical (unpaired) electrons. The van der Waals surface area contributed by atoms with Crippen molar-refractivity contribution in [2.75, 3.05) is 12.4 Å². The molecule has 0 fully saturated rings. The molecule has 0 aliphatic rings. The summed E-state index contributed by atoms with van der Waals surface area (Å²) in [5, 5.41) is 11.5. The largest absolute Gasteiger partial charge is 0.497 e. The average Bonchev–Trinajstić information content (AvgIpc) is 3.15. The smallest absolute Gasteiger partial charge is 0.302 e. The second kappa shape index (κ2) is 7.44. The second-order valence-corrected chi connectivity index (χ2v) is 6.19. The van der Waals surface area contributed by atoms with Crippen LogP contribution in [0.1, 0.15) is 15.9 Å². The van der Waals surface area contributed by atoms with Gasteiger partial charge in [-0.15, -0.1) is 0 Å². The molecule has 29 heavy (non-hydrogen) atoms. The molecule has 142 valence electrons. The second-order valence-electron chi connectivity index (χ2n) is 6.19. The van der Waals surface area contributed by atoms with Crippen molar-refractivity contribution in [2.45, 2.75) is 0 Å². The van der Waals surface area contributed by atoms with Crippen LogP contribution in [-0.4, -0.2) is 18.0 Å². The SMILES string of the molecule is COc1cccc(C(=O)Nc2nc3cc(-c4ccc(C#N)c(F)c4)ccc3o2)c1. The van der Waals surface area contributed by atoms with Gasteiger partial charge in [0.1, 0.15) is 23.2 Å². The van der Waals surface area contributed by atoms with E-state index in [9.17, 15) is 9.18 Å². The summed E-state index contributed by atoms with van der Waals surface area (Å²) in [5.41, 5.74) is 2.68. The van der Waals surface area contributed by atoms with Crippen LogP contribution in [0.15, 0.2) is 65.1 Å². The van der Waals surface area contributed by atoms with Crippen LogP contribution in [0.4, 0.5) is 10.4 Å². The fourth-order valence-corrected chi connectivity index (χ4v) is 2.88. The number of rotatable bonds is 4. The summed E-state index contributed by atoms with van der Waals surface area (Å²) in [7, 11) is 1.52. The van der Waals surface area contributed by atoms with Gasteiger partial charge in [0.25, 0.3) is 5.91 Å². The van der Waals surface area contributed by atoms with E-state index >= 15 is 0 Å². The zero-order valence-corrected chi connectivity index (χ0v) is 15.3. The fourth-order valence-electron chi connectivity index (χ4n) is 2.88. The van der Waals surface area contributed by atoms with Crippen LogP contribution < -0.4 is 10.1 Å². The van der Waals surface area contributed by atoms with Gasteiger partial charge in [0.05, 0.1) is 12.7 Å². The molecule has 7 heteroatoms. The third-order valence-electron chi connectivity index (χ3n) is 4.36. The Balaban J connectivity index is 1.61. The van der Waals surface area contributed by atoms with Gasteiger partial charge in [0, 0.05) is 5.56 Å². The van der Waals surface area contributed by atoms with Crippen molar-refractivity contribution in [2.24, 2.45) is 0 Å². The fraction of sp³-hybridized carbons (Fsp3) is 0.0455. The van der Waals surface area contributed by atoms with E-state index in [1.165, 1.54) is 19.2 Å². The number of ether oxygens (including phenoxy) is 1. The Morgan fingerprint density at radius 2 is 1.93 bits per heavy atom. The first kappa shape index (κ1) is 18.2. The number of methoxy groups -OCH3 is 1. The van der Waals surface area contributed by atoms with Gasteiger partial charge in [-0.25, -0.2) is 4.39 Å². The lowest BCUT2D eigenvalue weighted by Gasteiger charge is -2.03. The molecule has 0 spiro atoms. The minimum absolute atomic E-state index is 0.0150. The minimum atomic E-state index is -0.587. The molecule has 6 nitrogen and oxygen atoms in total. The van der Waals surface area contributed by atoms with Gasteiger partial charge in [-0.05, 0) is 53.6 Å². The number of carbonyl (C=O) groups excluding carboxylic acids is 1. The van der Waals surface area contributed by atoms with Crippen LogP contribution in [0.25, 0.3) is 22.2 Å². The van der Waals surface area contributed by atoms with Gasteiger partial charge in [-0.2, -0.15) is 10.2 Å². The molecule has 1 aromatic heterocycles. The number of anilines is 1. The Morgan fingerprint density at radius 1 is 1.14 bits per heavy atom. The van der Waals surface area contributed by atoms with E-state index in [4.69, 9.17) is 14.4 Å². The summed E-state index contributed by atoms with van der Waals surface area (Å²) in [5.74, 6) is -0.407. The molecule has 1 amide bonds. The monoisotopic (exact) mass is 387 g/mol. The molecule has 4 rings (SSSR count). The van der Waals surface area contributed by atoms with Crippen molar-refractivity contribution in [1.29, 1.82) is 5.26 Å². The Hall–Kier alpha value is -4.18. The van der Waals surface area contributed by atoms with Gasteiger partial charge in [-0.1, -0.05) is 18.2 Å². The van der Waals surface area contributed by atoms with Gasteiger partial charge in [0.2, 0.25) is 0 Å². The van der Waals surface area contributed by atoms with Crippen LogP contribution in [0.3, 0.4) is 0 Å². The highest BCUT2D eigenvalue weighted by Gasteiger charge is 2.13. The maximum atomic E-state index is 13.9. The highest BCUT2D eigenvalue weighted by molar-refractivity contribution is 6.03. The standard InChI is InChI=1S/C22H14FN3O3/c1-28-17-4-2-3-15(9-17)21(27)26-22-25-19-11-14(7-8-20(19)29-22)13-5-6-16(12-24)18(23)10-13/h2-11H,1H3,(H,25,26,27). The number of oxazole rings is 1. The predicted octanol–water partition coefficient (Wildman–Crippen LogP) is 4.77. The van der Waals surface area contributed by atoms with E-state index in [-0.39, 0.29) is 17.5 Å². The lowest BCUT2D eigenvalue weighted by Crippen LogP contribution is -2.12. The van der Waals surface area contributed by atoms with Gasteiger partial charge in [-0.3, -0.25) is 10.1 Å². The molecule has 0 aliphatic carbocycles.